The number of carbonyl (C=O) groups is 2. The molecule has 2 bridgehead atoms. The third-order valence-electron chi connectivity index (χ3n) is 9.79. The van der Waals surface area contributed by atoms with Gasteiger partial charge in [-0.3, -0.25) is 9.59 Å². The van der Waals surface area contributed by atoms with E-state index in [0.29, 0.717) is 52.8 Å². The van der Waals surface area contributed by atoms with E-state index in [1.807, 2.05) is 32.0 Å². The summed E-state index contributed by atoms with van der Waals surface area (Å²) in [6.07, 6.45) is 6.54. The lowest BCUT2D eigenvalue weighted by atomic mass is 9.97. The van der Waals surface area contributed by atoms with Crippen LogP contribution in [0.3, 0.4) is 0 Å². The molecule has 0 spiro atoms. The number of halogens is 2. The molecule has 0 radical (unpaired) electrons. The van der Waals surface area contributed by atoms with Crippen LogP contribution in [0.2, 0.25) is 5.15 Å². The lowest BCUT2D eigenvalue weighted by Gasteiger charge is -2.37. The minimum Gasteiger partial charge on any atom is -0.344 e. The van der Waals surface area contributed by atoms with Gasteiger partial charge in [-0.2, -0.15) is 0 Å². The van der Waals surface area contributed by atoms with Crippen molar-refractivity contribution in [3.05, 3.63) is 75.9 Å². The number of nitrogens with one attached hydrogen (secondary N) is 1. The largest absolute Gasteiger partial charge is 0.344 e. The van der Waals surface area contributed by atoms with Crippen LogP contribution in [0.1, 0.15) is 84.0 Å². The molecule has 244 valence electrons. The number of benzene rings is 1. The Balaban J connectivity index is 1.28. The lowest BCUT2D eigenvalue weighted by molar-refractivity contribution is 0.0604. The zero-order chi connectivity index (χ0) is 33.0. The summed E-state index contributed by atoms with van der Waals surface area (Å²) in [5.74, 6) is -0.375. The molecule has 0 saturated carbocycles. The number of nitrogens with two attached hydrogens (primary N) is 1. The average Bonchev–Trinajstić information content (AvgIpc) is 3.58. The summed E-state index contributed by atoms with van der Waals surface area (Å²) in [6, 6.07) is 10.1. The number of piperidine rings is 1. The first-order valence-electron chi connectivity index (χ1n) is 16.3. The molecular formula is C35H38ClFN8O2. The van der Waals surface area contributed by atoms with Gasteiger partial charge in [0.25, 0.3) is 11.8 Å². The summed E-state index contributed by atoms with van der Waals surface area (Å²) in [5, 5.41) is 4.35. The molecule has 3 N–H and O–H groups in total. The van der Waals surface area contributed by atoms with E-state index >= 15 is 4.39 Å². The van der Waals surface area contributed by atoms with Crippen LogP contribution < -0.4 is 11.1 Å². The van der Waals surface area contributed by atoms with Crippen molar-refractivity contribution in [3.8, 4) is 11.5 Å². The molecule has 0 aliphatic carbocycles. The standard InChI is InChI=1S/C35H38ClFN8O2/c1-19-27-11-10-22-16-29(45(32(22)41-27)12-6-4-5-8-21-17-30(36)39-18-24(21)34(46)40-19)33-42-28-15-23(14-25(37)31(28)43(33)3)35(47)44-13-7-9-26(38)20(44)2/h10-11,14-20,26H,4-9,12-13,38H2,1-3H3,(H,40,46)/t19-,20-,26-/m1/s1. The number of hydrogen-bond donors (Lipinski definition) is 2. The van der Waals surface area contributed by atoms with Crippen LogP contribution in [0, 0.1) is 5.82 Å². The molecule has 4 aromatic heterocycles. The van der Waals surface area contributed by atoms with Crippen LogP contribution in [-0.4, -0.2) is 59.4 Å². The highest BCUT2D eigenvalue weighted by Gasteiger charge is 2.31. The highest BCUT2D eigenvalue weighted by Crippen LogP contribution is 2.33. The van der Waals surface area contributed by atoms with Crippen molar-refractivity contribution in [2.24, 2.45) is 12.8 Å². The molecule has 10 nitrogen and oxygen atoms in total. The number of hydrogen-bond acceptors (Lipinski definition) is 6. The van der Waals surface area contributed by atoms with Crippen molar-refractivity contribution in [2.45, 2.75) is 77.0 Å². The topological polar surface area (TPSA) is 124 Å². The highest BCUT2D eigenvalue weighted by molar-refractivity contribution is 6.29. The summed E-state index contributed by atoms with van der Waals surface area (Å²) < 4.78 is 19.7. The fourth-order valence-electron chi connectivity index (χ4n) is 7.06. The number of aromatic nitrogens is 5. The molecule has 2 aliphatic heterocycles. The number of likely N-dealkylation sites (tertiary alicyclic amines) is 1. The highest BCUT2D eigenvalue weighted by atomic mass is 35.5. The second-order valence-electron chi connectivity index (χ2n) is 12.9. The summed E-state index contributed by atoms with van der Waals surface area (Å²) in [5.41, 5.74) is 10.9. The first kappa shape index (κ1) is 31.3. The molecule has 0 unspecified atom stereocenters. The van der Waals surface area contributed by atoms with Crippen LogP contribution >= 0.6 is 11.6 Å². The Hall–Kier alpha value is -4.35. The fourth-order valence-corrected chi connectivity index (χ4v) is 7.24. The molecule has 47 heavy (non-hydrogen) atoms. The molecule has 1 fully saturated rings. The molecule has 2 amide bonds. The number of nitrogens with zero attached hydrogens (tertiary/aromatic N) is 6. The Kier molecular flexibility index (Phi) is 8.21. The normalized spacial score (nSPS) is 20.8. The van der Waals surface area contributed by atoms with Crippen molar-refractivity contribution in [1.82, 2.24) is 34.3 Å². The number of imidazole rings is 1. The Morgan fingerprint density at radius 1 is 1.06 bits per heavy atom. The van der Waals surface area contributed by atoms with Crippen molar-refractivity contribution in [2.75, 3.05) is 6.54 Å². The van der Waals surface area contributed by atoms with Crippen LogP contribution in [0.4, 0.5) is 4.39 Å². The van der Waals surface area contributed by atoms with Crippen LogP contribution in [0.15, 0.2) is 42.6 Å². The predicted molar refractivity (Wildman–Crippen MR) is 180 cm³/mol. The van der Waals surface area contributed by atoms with Crippen LogP contribution in [0.5, 0.6) is 0 Å². The molecule has 1 saturated heterocycles. The molecule has 5 aromatic rings. The Morgan fingerprint density at radius 3 is 2.72 bits per heavy atom. The number of fused-ring (bicyclic) bond motifs is 3. The predicted octanol–water partition coefficient (Wildman–Crippen LogP) is 5.95. The minimum absolute atomic E-state index is 0.104. The van der Waals surface area contributed by atoms with Crippen molar-refractivity contribution >= 4 is 45.5 Å². The maximum atomic E-state index is 15.8. The minimum atomic E-state index is -0.501. The Morgan fingerprint density at radius 2 is 1.89 bits per heavy atom. The third kappa shape index (κ3) is 5.65. The molecule has 2 aliphatic rings. The molecule has 7 rings (SSSR count). The number of amides is 2. The summed E-state index contributed by atoms with van der Waals surface area (Å²) >= 11 is 6.19. The van der Waals surface area contributed by atoms with E-state index in [1.54, 1.807) is 34.8 Å². The van der Waals surface area contributed by atoms with Gasteiger partial charge < -0.3 is 25.1 Å². The molecule has 3 atom stereocenters. The number of aryl methyl sites for hydroxylation is 3. The second-order valence-corrected chi connectivity index (χ2v) is 13.3. The van der Waals surface area contributed by atoms with E-state index < -0.39 is 5.82 Å². The van der Waals surface area contributed by atoms with Gasteiger partial charge in [0.05, 0.1) is 28.5 Å². The van der Waals surface area contributed by atoms with Crippen molar-refractivity contribution in [3.63, 3.8) is 0 Å². The van der Waals surface area contributed by atoms with E-state index in [1.165, 1.54) is 6.07 Å². The van der Waals surface area contributed by atoms with Gasteiger partial charge in [-0.1, -0.05) is 18.0 Å². The van der Waals surface area contributed by atoms with Crippen LogP contribution in [0.25, 0.3) is 33.6 Å². The molecular weight excluding hydrogens is 619 g/mol. The zero-order valence-corrected chi connectivity index (χ0v) is 27.5. The Bertz CT molecular complexity index is 2040. The third-order valence-corrected chi connectivity index (χ3v) is 10.00. The van der Waals surface area contributed by atoms with Crippen LogP contribution in [-0.2, 0) is 20.0 Å². The van der Waals surface area contributed by atoms with Gasteiger partial charge >= 0.3 is 0 Å². The molecule has 1 aromatic carbocycles. The molecule has 12 heteroatoms. The zero-order valence-electron chi connectivity index (χ0n) is 26.8. The SMILES string of the molecule is C[C@@H]1[C@H](N)CCCN1C(=O)c1cc(F)c2c(c1)nc(-c1cc3ccc4nc3n1CCCCCc1cc(Cl)ncc1C(=O)N[C@@H]4C)n2C. The average molecular weight is 657 g/mol. The first-order valence-corrected chi connectivity index (χ1v) is 16.7. The quantitative estimate of drug-likeness (QED) is 0.227. The smallest absolute Gasteiger partial charge is 0.254 e. The molecule has 6 heterocycles. The summed E-state index contributed by atoms with van der Waals surface area (Å²) in [7, 11) is 1.79. The monoisotopic (exact) mass is 656 g/mol. The number of rotatable bonds is 2. The van der Waals surface area contributed by atoms with Crippen molar-refractivity contribution in [1.29, 1.82) is 0 Å². The second kappa shape index (κ2) is 12.4. The van der Waals surface area contributed by atoms with Crippen molar-refractivity contribution < 1.29 is 14.0 Å². The maximum absolute atomic E-state index is 15.8. The van der Waals surface area contributed by atoms with E-state index in [0.717, 1.165) is 54.4 Å². The summed E-state index contributed by atoms with van der Waals surface area (Å²) in [6.45, 7) is 5.11. The van der Waals surface area contributed by atoms with Gasteiger partial charge in [0.2, 0.25) is 0 Å². The van der Waals surface area contributed by atoms with E-state index in [4.69, 9.17) is 27.3 Å². The van der Waals surface area contributed by atoms with Gasteiger partial charge in [-0.25, -0.2) is 19.3 Å². The number of carbonyl (C=O) groups excluding carboxylic acids is 2. The number of pyridine rings is 2. The van der Waals surface area contributed by atoms with E-state index in [-0.39, 0.29) is 35.5 Å². The lowest BCUT2D eigenvalue weighted by Crippen LogP contribution is -2.52. The van der Waals surface area contributed by atoms with Gasteiger partial charge in [0, 0.05) is 49.4 Å². The fraction of sp³-hybridized carbons (Fsp3) is 0.400. The maximum Gasteiger partial charge on any atom is 0.254 e. The first-order chi connectivity index (χ1) is 22.6. The van der Waals surface area contributed by atoms with Gasteiger partial charge in [0.1, 0.15) is 22.1 Å². The van der Waals surface area contributed by atoms with Gasteiger partial charge in [0.15, 0.2) is 5.82 Å². The van der Waals surface area contributed by atoms with E-state index in [9.17, 15) is 9.59 Å². The van der Waals surface area contributed by atoms with Gasteiger partial charge in [-0.15, -0.1) is 0 Å². The Labute approximate surface area is 277 Å². The van der Waals surface area contributed by atoms with Gasteiger partial charge in [-0.05, 0) is 87.9 Å². The van der Waals surface area contributed by atoms with E-state index in [2.05, 4.69) is 14.9 Å². The summed E-state index contributed by atoms with van der Waals surface area (Å²) in [4.78, 5) is 42.6.